The highest BCUT2D eigenvalue weighted by Gasteiger charge is 2.17. The second-order valence-corrected chi connectivity index (χ2v) is 4.99. The van der Waals surface area contributed by atoms with Gasteiger partial charge < -0.3 is 4.98 Å². The normalized spacial score (nSPS) is 12.7. The maximum absolute atomic E-state index is 9.23. The molecule has 0 fully saturated rings. The molecule has 20 heavy (non-hydrogen) atoms. The van der Waals surface area contributed by atoms with Gasteiger partial charge in [0, 0.05) is 23.3 Å². The number of H-pyrrole nitrogens is 1. The molecule has 0 aliphatic heterocycles. The number of aromatic nitrogens is 5. The van der Waals surface area contributed by atoms with E-state index in [-0.39, 0.29) is 12.0 Å². The highest BCUT2D eigenvalue weighted by atomic mass is 15.3. The quantitative estimate of drug-likeness (QED) is 0.789. The van der Waals surface area contributed by atoms with E-state index in [1.54, 1.807) is 10.9 Å². The van der Waals surface area contributed by atoms with Crippen LogP contribution in [0, 0.1) is 17.2 Å². The number of aromatic amines is 1. The molecule has 0 saturated carbocycles. The third-order valence-corrected chi connectivity index (χ3v) is 3.28. The molecule has 3 rings (SSSR count). The minimum absolute atomic E-state index is 0.199. The van der Waals surface area contributed by atoms with Crippen LogP contribution in [0.15, 0.2) is 31.0 Å². The Hall–Kier alpha value is -2.68. The summed E-state index contributed by atoms with van der Waals surface area (Å²) in [4.78, 5) is 11.6. The zero-order valence-electron chi connectivity index (χ0n) is 11.3. The lowest BCUT2D eigenvalue weighted by molar-refractivity contribution is 0.424. The summed E-state index contributed by atoms with van der Waals surface area (Å²) in [5.41, 5.74) is 2.50. The molecule has 3 aromatic heterocycles. The molecule has 1 atom stereocenters. The summed E-state index contributed by atoms with van der Waals surface area (Å²) >= 11 is 0. The standard InChI is InChI=1S/C14H14N6/c1-9(2)12(5-15)20-7-10(6-19-20)13-11-3-4-16-14(11)18-8-17-13/h3-4,6-9,12H,1-2H3,(H,16,17,18). The van der Waals surface area contributed by atoms with Crippen molar-refractivity contribution in [3.05, 3.63) is 31.0 Å². The van der Waals surface area contributed by atoms with Gasteiger partial charge in [0.1, 0.15) is 18.0 Å². The van der Waals surface area contributed by atoms with Gasteiger partial charge in [0.25, 0.3) is 0 Å². The van der Waals surface area contributed by atoms with Crippen molar-refractivity contribution in [2.45, 2.75) is 19.9 Å². The average molecular weight is 266 g/mol. The minimum Gasteiger partial charge on any atom is -0.346 e. The Morgan fingerprint density at radius 3 is 2.95 bits per heavy atom. The molecule has 1 N–H and O–H groups in total. The molecular weight excluding hydrogens is 252 g/mol. The lowest BCUT2D eigenvalue weighted by atomic mass is 10.1. The Kier molecular flexibility index (Phi) is 2.95. The van der Waals surface area contributed by atoms with Gasteiger partial charge in [-0.15, -0.1) is 0 Å². The van der Waals surface area contributed by atoms with E-state index >= 15 is 0 Å². The number of nitriles is 1. The van der Waals surface area contributed by atoms with E-state index in [1.165, 1.54) is 6.33 Å². The third-order valence-electron chi connectivity index (χ3n) is 3.28. The van der Waals surface area contributed by atoms with Crippen molar-refractivity contribution in [1.82, 2.24) is 24.7 Å². The maximum atomic E-state index is 9.23. The number of rotatable bonds is 3. The van der Waals surface area contributed by atoms with Crippen LogP contribution in [0.1, 0.15) is 19.9 Å². The third kappa shape index (κ3) is 1.93. The summed E-state index contributed by atoms with van der Waals surface area (Å²) in [6.45, 7) is 4.01. The predicted molar refractivity (Wildman–Crippen MR) is 74.6 cm³/mol. The van der Waals surface area contributed by atoms with E-state index in [0.717, 1.165) is 22.3 Å². The fourth-order valence-corrected chi connectivity index (χ4v) is 2.23. The molecule has 1 unspecified atom stereocenters. The van der Waals surface area contributed by atoms with Gasteiger partial charge in [-0.25, -0.2) is 9.97 Å². The maximum Gasteiger partial charge on any atom is 0.141 e. The molecule has 6 nitrogen and oxygen atoms in total. The molecule has 100 valence electrons. The first-order chi connectivity index (χ1) is 9.70. The fourth-order valence-electron chi connectivity index (χ4n) is 2.23. The first-order valence-corrected chi connectivity index (χ1v) is 6.43. The zero-order chi connectivity index (χ0) is 14.1. The van der Waals surface area contributed by atoms with Gasteiger partial charge in [0.2, 0.25) is 0 Å². The Bertz CT molecular complexity index is 776. The molecule has 3 aromatic rings. The van der Waals surface area contributed by atoms with Crippen LogP contribution in [-0.4, -0.2) is 24.7 Å². The molecule has 0 spiro atoms. The molecule has 0 radical (unpaired) electrons. The fraction of sp³-hybridized carbons (Fsp3) is 0.286. The smallest absolute Gasteiger partial charge is 0.141 e. The first-order valence-electron chi connectivity index (χ1n) is 6.43. The van der Waals surface area contributed by atoms with Crippen molar-refractivity contribution in [3.63, 3.8) is 0 Å². The monoisotopic (exact) mass is 266 g/mol. The summed E-state index contributed by atoms with van der Waals surface area (Å²) in [6.07, 6.45) is 6.96. The van der Waals surface area contributed by atoms with E-state index in [2.05, 4.69) is 26.1 Å². The molecule has 0 bridgehead atoms. The van der Waals surface area contributed by atoms with Gasteiger partial charge in [-0.05, 0) is 12.0 Å². The summed E-state index contributed by atoms with van der Waals surface area (Å²) in [6, 6.07) is 3.94. The van der Waals surface area contributed by atoms with Gasteiger partial charge in [-0.3, -0.25) is 4.68 Å². The molecule has 3 heterocycles. The van der Waals surface area contributed by atoms with Crippen LogP contribution in [-0.2, 0) is 0 Å². The number of hydrogen-bond acceptors (Lipinski definition) is 4. The molecule has 0 amide bonds. The van der Waals surface area contributed by atoms with Crippen LogP contribution in [0.2, 0.25) is 0 Å². The Labute approximate surface area is 116 Å². The van der Waals surface area contributed by atoms with Crippen molar-refractivity contribution in [1.29, 1.82) is 5.26 Å². The summed E-state index contributed by atoms with van der Waals surface area (Å²) in [7, 11) is 0. The second kappa shape index (κ2) is 4.78. The molecular formula is C14H14N6. The summed E-state index contributed by atoms with van der Waals surface area (Å²) in [5, 5.41) is 14.5. The SMILES string of the molecule is CC(C)C(C#N)n1cc(-c2ncnc3[nH]ccc23)cn1. The number of nitrogens with zero attached hydrogens (tertiary/aromatic N) is 5. The number of nitrogens with one attached hydrogen (secondary N) is 1. The van der Waals surface area contributed by atoms with Crippen LogP contribution >= 0.6 is 0 Å². The van der Waals surface area contributed by atoms with Crippen molar-refractivity contribution in [3.8, 4) is 17.3 Å². The van der Waals surface area contributed by atoms with E-state index in [1.807, 2.05) is 32.3 Å². The van der Waals surface area contributed by atoms with Gasteiger partial charge in [0.15, 0.2) is 0 Å². The topological polar surface area (TPSA) is 83.2 Å². The van der Waals surface area contributed by atoms with Crippen LogP contribution in [0.3, 0.4) is 0 Å². The Morgan fingerprint density at radius 2 is 2.20 bits per heavy atom. The first kappa shape index (κ1) is 12.4. The Morgan fingerprint density at radius 1 is 1.35 bits per heavy atom. The van der Waals surface area contributed by atoms with E-state index in [4.69, 9.17) is 0 Å². The second-order valence-electron chi connectivity index (χ2n) is 4.99. The van der Waals surface area contributed by atoms with Crippen molar-refractivity contribution in [2.24, 2.45) is 5.92 Å². The average Bonchev–Trinajstić information content (AvgIpc) is 3.07. The molecule has 0 aliphatic rings. The van der Waals surface area contributed by atoms with E-state index in [0.29, 0.717) is 0 Å². The zero-order valence-corrected chi connectivity index (χ0v) is 11.3. The van der Waals surface area contributed by atoms with Crippen LogP contribution < -0.4 is 0 Å². The van der Waals surface area contributed by atoms with Gasteiger partial charge in [-0.1, -0.05) is 13.8 Å². The predicted octanol–water partition coefficient (Wildman–Crippen LogP) is 2.54. The van der Waals surface area contributed by atoms with Crippen LogP contribution in [0.4, 0.5) is 0 Å². The number of fused-ring (bicyclic) bond motifs is 1. The molecule has 0 aromatic carbocycles. The number of hydrogen-bond donors (Lipinski definition) is 1. The van der Waals surface area contributed by atoms with Gasteiger partial charge in [-0.2, -0.15) is 10.4 Å². The lowest BCUT2D eigenvalue weighted by Crippen LogP contribution is -2.13. The highest BCUT2D eigenvalue weighted by molar-refractivity contribution is 5.89. The van der Waals surface area contributed by atoms with Crippen LogP contribution in [0.25, 0.3) is 22.3 Å². The molecule has 0 aliphatic carbocycles. The van der Waals surface area contributed by atoms with Crippen LogP contribution in [0.5, 0.6) is 0 Å². The largest absolute Gasteiger partial charge is 0.346 e. The van der Waals surface area contributed by atoms with Gasteiger partial charge in [0.05, 0.1) is 18.0 Å². The molecule has 0 saturated heterocycles. The minimum atomic E-state index is -0.271. The van der Waals surface area contributed by atoms with Crippen molar-refractivity contribution >= 4 is 11.0 Å². The summed E-state index contributed by atoms with van der Waals surface area (Å²) in [5.74, 6) is 0.199. The lowest BCUT2D eigenvalue weighted by Gasteiger charge is -2.12. The van der Waals surface area contributed by atoms with E-state index < -0.39 is 0 Å². The van der Waals surface area contributed by atoms with Crippen molar-refractivity contribution < 1.29 is 0 Å². The van der Waals surface area contributed by atoms with Gasteiger partial charge >= 0.3 is 0 Å². The Balaban J connectivity index is 2.06. The van der Waals surface area contributed by atoms with E-state index in [9.17, 15) is 5.26 Å². The molecule has 6 heteroatoms. The van der Waals surface area contributed by atoms with Crippen molar-refractivity contribution in [2.75, 3.05) is 0 Å². The summed E-state index contributed by atoms with van der Waals surface area (Å²) < 4.78 is 1.70. The highest BCUT2D eigenvalue weighted by Crippen LogP contribution is 2.26.